The van der Waals surface area contributed by atoms with E-state index in [9.17, 15) is 4.79 Å². The first-order valence-corrected chi connectivity index (χ1v) is 6.75. The molecule has 17 heavy (non-hydrogen) atoms. The number of rotatable bonds is 5. The fraction of sp³-hybridized carbons (Fsp3) is 0.929. The number of carbonyl (C=O) groups is 1. The zero-order valence-electron chi connectivity index (χ0n) is 11.7. The van der Waals surface area contributed by atoms with Crippen molar-refractivity contribution in [3.05, 3.63) is 0 Å². The molecule has 1 rings (SSSR count). The van der Waals surface area contributed by atoms with Crippen LogP contribution in [0.2, 0.25) is 0 Å². The van der Waals surface area contributed by atoms with Crippen molar-refractivity contribution in [2.75, 3.05) is 13.7 Å². The second-order valence-corrected chi connectivity index (χ2v) is 6.35. The zero-order valence-corrected chi connectivity index (χ0v) is 11.7. The van der Waals surface area contributed by atoms with Gasteiger partial charge in [-0.15, -0.1) is 0 Å². The molecule has 0 saturated heterocycles. The van der Waals surface area contributed by atoms with Gasteiger partial charge in [0.2, 0.25) is 5.91 Å². The van der Waals surface area contributed by atoms with Crippen LogP contribution in [-0.4, -0.2) is 25.7 Å². The third-order valence-corrected chi connectivity index (χ3v) is 3.34. The Labute approximate surface area is 105 Å². The van der Waals surface area contributed by atoms with Gasteiger partial charge in [0.25, 0.3) is 0 Å². The Bertz CT molecular complexity index is 239. The molecule has 0 aromatic rings. The van der Waals surface area contributed by atoms with Crippen LogP contribution in [0, 0.1) is 11.3 Å². The smallest absolute Gasteiger partial charge is 0.248 e. The molecule has 0 radical (unpaired) electrons. The fourth-order valence-corrected chi connectivity index (χ4v) is 2.37. The molecule has 1 unspecified atom stereocenters. The Balaban J connectivity index is 2.42. The molecule has 1 fully saturated rings. The van der Waals surface area contributed by atoms with Crippen molar-refractivity contribution >= 4 is 5.91 Å². The summed E-state index contributed by atoms with van der Waals surface area (Å²) in [6.07, 6.45) is 5.64. The van der Waals surface area contributed by atoms with Crippen LogP contribution in [0.5, 0.6) is 0 Å². The van der Waals surface area contributed by atoms with Gasteiger partial charge in [0.1, 0.15) is 6.10 Å². The molecule has 0 heterocycles. The second kappa shape index (κ2) is 6.39. The van der Waals surface area contributed by atoms with E-state index >= 15 is 0 Å². The van der Waals surface area contributed by atoms with E-state index in [1.54, 1.807) is 7.05 Å². The SMILES string of the molecule is CNC(=O)C(CC(C)(C)C)OCC1CCCC1. The number of hydrogen-bond acceptors (Lipinski definition) is 2. The number of likely N-dealkylation sites (N-methyl/N-ethyl adjacent to an activating group) is 1. The van der Waals surface area contributed by atoms with Gasteiger partial charge in [-0.1, -0.05) is 33.6 Å². The summed E-state index contributed by atoms with van der Waals surface area (Å²) < 4.78 is 5.84. The van der Waals surface area contributed by atoms with E-state index in [-0.39, 0.29) is 17.4 Å². The van der Waals surface area contributed by atoms with Crippen LogP contribution in [0.1, 0.15) is 52.9 Å². The predicted octanol–water partition coefficient (Wildman–Crippen LogP) is 2.74. The zero-order chi connectivity index (χ0) is 12.9. The summed E-state index contributed by atoms with van der Waals surface area (Å²) in [6.45, 7) is 7.17. The number of amides is 1. The maximum atomic E-state index is 11.8. The molecule has 100 valence electrons. The van der Waals surface area contributed by atoms with Crippen LogP contribution in [0.3, 0.4) is 0 Å². The standard InChI is InChI=1S/C14H27NO2/c1-14(2,3)9-12(13(16)15-4)17-10-11-7-5-6-8-11/h11-12H,5-10H2,1-4H3,(H,15,16). The minimum absolute atomic E-state index is 0.0120. The lowest BCUT2D eigenvalue weighted by atomic mass is 9.89. The normalized spacial score (nSPS) is 19.3. The topological polar surface area (TPSA) is 38.3 Å². The van der Waals surface area contributed by atoms with Gasteiger partial charge < -0.3 is 10.1 Å². The Morgan fingerprint density at radius 1 is 1.35 bits per heavy atom. The van der Waals surface area contributed by atoms with Crippen molar-refractivity contribution in [1.82, 2.24) is 5.32 Å². The van der Waals surface area contributed by atoms with E-state index < -0.39 is 0 Å². The van der Waals surface area contributed by atoms with Gasteiger partial charge >= 0.3 is 0 Å². The third-order valence-electron chi connectivity index (χ3n) is 3.34. The number of hydrogen-bond donors (Lipinski definition) is 1. The predicted molar refractivity (Wildman–Crippen MR) is 69.8 cm³/mol. The number of nitrogens with one attached hydrogen (secondary N) is 1. The third kappa shape index (κ3) is 5.53. The highest BCUT2D eigenvalue weighted by molar-refractivity contribution is 5.80. The van der Waals surface area contributed by atoms with Gasteiger partial charge in [-0.25, -0.2) is 0 Å². The van der Waals surface area contributed by atoms with Crippen molar-refractivity contribution in [2.24, 2.45) is 11.3 Å². The van der Waals surface area contributed by atoms with Gasteiger partial charge in [0.15, 0.2) is 0 Å². The summed E-state index contributed by atoms with van der Waals surface area (Å²) in [5.41, 5.74) is 0.118. The van der Waals surface area contributed by atoms with Gasteiger partial charge in [-0.2, -0.15) is 0 Å². The van der Waals surface area contributed by atoms with Crippen molar-refractivity contribution in [2.45, 2.75) is 59.0 Å². The quantitative estimate of drug-likeness (QED) is 0.803. The molecular formula is C14H27NO2. The molecule has 0 aliphatic heterocycles. The molecule has 1 N–H and O–H groups in total. The van der Waals surface area contributed by atoms with Gasteiger partial charge in [-0.3, -0.25) is 4.79 Å². The van der Waals surface area contributed by atoms with Crippen LogP contribution in [-0.2, 0) is 9.53 Å². The minimum atomic E-state index is -0.291. The van der Waals surface area contributed by atoms with Crippen molar-refractivity contribution < 1.29 is 9.53 Å². The Hall–Kier alpha value is -0.570. The lowest BCUT2D eigenvalue weighted by molar-refractivity contribution is -0.135. The molecule has 0 bridgehead atoms. The molecule has 1 aliphatic rings. The molecule has 1 saturated carbocycles. The lowest BCUT2D eigenvalue weighted by Crippen LogP contribution is -2.37. The van der Waals surface area contributed by atoms with Crippen molar-refractivity contribution in [3.63, 3.8) is 0 Å². The average Bonchev–Trinajstić information content (AvgIpc) is 2.74. The Morgan fingerprint density at radius 3 is 2.41 bits per heavy atom. The fourth-order valence-electron chi connectivity index (χ4n) is 2.37. The van der Waals surface area contributed by atoms with Gasteiger partial charge in [0.05, 0.1) is 6.61 Å². The monoisotopic (exact) mass is 241 g/mol. The Kier molecular flexibility index (Phi) is 5.44. The van der Waals surface area contributed by atoms with E-state index in [1.165, 1.54) is 25.7 Å². The van der Waals surface area contributed by atoms with E-state index in [0.29, 0.717) is 5.92 Å². The summed E-state index contributed by atoms with van der Waals surface area (Å²) in [4.78, 5) is 11.8. The van der Waals surface area contributed by atoms with Crippen LogP contribution < -0.4 is 5.32 Å². The first-order valence-electron chi connectivity index (χ1n) is 6.75. The van der Waals surface area contributed by atoms with Crippen LogP contribution >= 0.6 is 0 Å². The van der Waals surface area contributed by atoms with E-state index in [2.05, 4.69) is 26.1 Å². The maximum Gasteiger partial charge on any atom is 0.248 e. The van der Waals surface area contributed by atoms with Crippen LogP contribution in [0.15, 0.2) is 0 Å². The average molecular weight is 241 g/mol. The van der Waals surface area contributed by atoms with Crippen LogP contribution in [0.4, 0.5) is 0 Å². The van der Waals surface area contributed by atoms with Crippen molar-refractivity contribution in [3.8, 4) is 0 Å². The first kappa shape index (κ1) is 14.5. The Morgan fingerprint density at radius 2 is 1.94 bits per heavy atom. The van der Waals surface area contributed by atoms with E-state index in [1.807, 2.05) is 0 Å². The van der Waals surface area contributed by atoms with Crippen molar-refractivity contribution in [1.29, 1.82) is 0 Å². The molecule has 1 aliphatic carbocycles. The lowest BCUT2D eigenvalue weighted by Gasteiger charge is -2.26. The molecular weight excluding hydrogens is 214 g/mol. The molecule has 0 aromatic carbocycles. The summed E-state index contributed by atoms with van der Waals surface area (Å²) in [5, 5.41) is 2.70. The van der Waals surface area contributed by atoms with Gasteiger partial charge in [0, 0.05) is 7.05 Å². The molecule has 3 heteroatoms. The summed E-state index contributed by atoms with van der Waals surface area (Å²) in [7, 11) is 1.68. The number of carbonyl (C=O) groups excluding carboxylic acids is 1. The highest BCUT2D eigenvalue weighted by atomic mass is 16.5. The maximum absolute atomic E-state index is 11.8. The first-order chi connectivity index (χ1) is 7.92. The van der Waals surface area contributed by atoms with E-state index in [0.717, 1.165) is 13.0 Å². The molecule has 1 amide bonds. The summed E-state index contributed by atoms with van der Waals surface area (Å²) >= 11 is 0. The minimum Gasteiger partial charge on any atom is -0.368 e. The molecule has 1 atom stereocenters. The summed E-state index contributed by atoms with van der Waals surface area (Å²) in [5.74, 6) is 0.681. The summed E-state index contributed by atoms with van der Waals surface area (Å²) in [6, 6.07) is 0. The molecule has 0 aromatic heterocycles. The van der Waals surface area contributed by atoms with Crippen LogP contribution in [0.25, 0.3) is 0 Å². The van der Waals surface area contributed by atoms with Gasteiger partial charge in [-0.05, 0) is 30.6 Å². The van der Waals surface area contributed by atoms with E-state index in [4.69, 9.17) is 4.74 Å². The second-order valence-electron chi connectivity index (χ2n) is 6.35. The largest absolute Gasteiger partial charge is 0.368 e. The number of ether oxygens (including phenoxy) is 1. The highest BCUT2D eigenvalue weighted by Gasteiger charge is 2.26. The molecule has 0 spiro atoms. The highest BCUT2D eigenvalue weighted by Crippen LogP contribution is 2.27. The molecule has 3 nitrogen and oxygen atoms in total.